The lowest BCUT2D eigenvalue weighted by Crippen LogP contribution is -2.22. The normalized spacial score (nSPS) is 11.2. The van der Waals surface area contributed by atoms with Crippen molar-refractivity contribution in [3.05, 3.63) is 70.0 Å². The first-order valence-electron chi connectivity index (χ1n) is 8.76. The van der Waals surface area contributed by atoms with Gasteiger partial charge in [-0.1, -0.05) is 62.0 Å². The zero-order valence-electron chi connectivity index (χ0n) is 15.2. The average Bonchev–Trinajstić information content (AvgIpc) is 2.66. The molecule has 0 bridgehead atoms. The molecule has 0 aliphatic carbocycles. The van der Waals surface area contributed by atoms with E-state index in [0.717, 1.165) is 0 Å². The van der Waals surface area contributed by atoms with Crippen molar-refractivity contribution >= 4 is 28.4 Å². The van der Waals surface area contributed by atoms with Crippen LogP contribution >= 0.6 is 11.8 Å². The molecule has 2 aromatic carbocycles. The quantitative estimate of drug-likeness (QED) is 0.366. The van der Waals surface area contributed by atoms with E-state index in [9.17, 15) is 9.59 Å². The molecule has 0 N–H and O–H groups in total. The summed E-state index contributed by atoms with van der Waals surface area (Å²) in [6, 6.07) is 15.1. The highest BCUT2D eigenvalue weighted by atomic mass is 32.2. The largest absolute Gasteiger partial charge is 0.293 e. The maximum Gasteiger partial charge on any atom is 0.262 e. The molecule has 3 aromatic rings. The molecule has 0 unspecified atom stereocenters. The third-order valence-corrected chi connectivity index (χ3v) is 5.35. The second-order valence-electron chi connectivity index (χ2n) is 6.45. The molecule has 5 heteroatoms. The van der Waals surface area contributed by atoms with Crippen LogP contribution in [0.5, 0.6) is 0 Å². The zero-order chi connectivity index (χ0) is 18.7. The van der Waals surface area contributed by atoms with Gasteiger partial charge in [0.2, 0.25) is 0 Å². The van der Waals surface area contributed by atoms with E-state index in [0.29, 0.717) is 34.1 Å². The van der Waals surface area contributed by atoms with Gasteiger partial charge >= 0.3 is 0 Å². The van der Waals surface area contributed by atoms with Crippen LogP contribution < -0.4 is 5.56 Å². The average molecular weight is 366 g/mol. The van der Waals surface area contributed by atoms with Crippen LogP contribution in [0, 0.1) is 0 Å². The highest BCUT2D eigenvalue weighted by Crippen LogP contribution is 2.20. The van der Waals surface area contributed by atoms with Crippen molar-refractivity contribution in [3.63, 3.8) is 0 Å². The summed E-state index contributed by atoms with van der Waals surface area (Å²) in [4.78, 5) is 29.7. The van der Waals surface area contributed by atoms with E-state index in [4.69, 9.17) is 0 Å². The molecule has 0 fully saturated rings. The molecule has 0 saturated heterocycles. The molecular formula is C21H22N2O2S. The summed E-state index contributed by atoms with van der Waals surface area (Å²) in [6.45, 7) is 6.69. The summed E-state index contributed by atoms with van der Waals surface area (Å²) >= 11 is 1.32. The van der Waals surface area contributed by atoms with Gasteiger partial charge in [0.1, 0.15) is 0 Å². The lowest BCUT2D eigenvalue weighted by atomic mass is 10.0. The SMILES string of the molecule is CCn1c(SCC(=O)c2ccc(C(C)C)cc2)nc2ccccc2c1=O. The minimum absolute atomic E-state index is 0.0374. The number of carbonyl (C=O) groups excluding carboxylic acids is 1. The number of para-hydroxylation sites is 1. The van der Waals surface area contributed by atoms with Crippen LogP contribution in [0.25, 0.3) is 10.9 Å². The van der Waals surface area contributed by atoms with Crippen molar-refractivity contribution in [1.29, 1.82) is 0 Å². The molecule has 3 rings (SSSR count). The van der Waals surface area contributed by atoms with Crippen LogP contribution in [0.15, 0.2) is 58.5 Å². The van der Waals surface area contributed by atoms with Gasteiger partial charge in [0, 0.05) is 12.1 Å². The Labute approximate surface area is 157 Å². The van der Waals surface area contributed by atoms with Gasteiger partial charge in [0.15, 0.2) is 10.9 Å². The number of rotatable bonds is 6. The van der Waals surface area contributed by atoms with Gasteiger partial charge in [-0.05, 0) is 30.5 Å². The Hall–Kier alpha value is -2.40. The van der Waals surface area contributed by atoms with Gasteiger partial charge in [0.25, 0.3) is 5.56 Å². The molecule has 0 amide bonds. The number of hydrogen-bond acceptors (Lipinski definition) is 4. The lowest BCUT2D eigenvalue weighted by Gasteiger charge is -2.11. The van der Waals surface area contributed by atoms with Gasteiger partial charge in [-0.2, -0.15) is 0 Å². The zero-order valence-corrected chi connectivity index (χ0v) is 16.0. The van der Waals surface area contributed by atoms with Crippen LogP contribution in [-0.4, -0.2) is 21.1 Å². The van der Waals surface area contributed by atoms with E-state index >= 15 is 0 Å². The predicted molar refractivity (Wildman–Crippen MR) is 107 cm³/mol. The topological polar surface area (TPSA) is 52.0 Å². The lowest BCUT2D eigenvalue weighted by molar-refractivity contribution is 0.102. The van der Waals surface area contributed by atoms with E-state index < -0.39 is 0 Å². The van der Waals surface area contributed by atoms with Crippen molar-refractivity contribution in [3.8, 4) is 0 Å². The number of hydrogen-bond donors (Lipinski definition) is 0. The highest BCUT2D eigenvalue weighted by Gasteiger charge is 2.13. The van der Waals surface area contributed by atoms with Crippen molar-refractivity contribution in [2.24, 2.45) is 0 Å². The summed E-state index contributed by atoms with van der Waals surface area (Å²) in [6.07, 6.45) is 0. The summed E-state index contributed by atoms with van der Waals surface area (Å²) in [5, 5.41) is 1.19. The highest BCUT2D eigenvalue weighted by molar-refractivity contribution is 7.99. The first-order chi connectivity index (χ1) is 12.5. The maximum atomic E-state index is 12.6. The molecular weight excluding hydrogens is 344 g/mol. The van der Waals surface area contributed by atoms with E-state index in [1.54, 1.807) is 10.6 Å². The molecule has 4 nitrogen and oxygen atoms in total. The van der Waals surface area contributed by atoms with Crippen molar-refractivity contribution in [2.45, 2.75) is 38.4 Å². The molecule has 134 valence electrons. The number of Topliss-reactive ketones (excluding diaryl/α,β-unsaturated/α-hetero) is 1. The van der Waals surface area contributed by atoms with E-state index in [2.05, 4.69) is 18.8 Å². The minimum Gasteiger partial charge on any atom is -0.293 e. The number of carbonyl (C=O) groups is 1. The summed E-state index contributed by atoms with van der Waals surface area (Å²) in [7, 11) is 0. The van der Waals surface area contributed by atoms with Crippen LogP contribution in [0.2, 0.25) is 0 Å². The fraction of sp³-hybridized carbons (Fsp3) is 0.286. The smallest absolute Gasteiger partial charge is 0.262 e. The Morgan fingerprint density at radius 3 is 2.46 bits per heavy atom. The Kier molecular flexibility index (Phi) is 5.57. The summed E-state index contributed by atoms with van der Waals surface area (Å²) < 4.78 is 1.63. The monoisotopic (exact) mass is 366 g/mol. The van der Waals surface area contributed by atoms with Crippen LogP contribution in [0.4, 0.5) is 0 Å². The molecule has 1 heterocycles. The Morgan fingerprint density at radius 1 is 1.12 bits per heavy atom. The molecule has 0 radical (unpaired) electrons. The molecule has 0 aliphatic rings. The van der Waals surface area contributed by atoms with Crippen molar-refractivity contribution < 1.29 is 4.79 Å². The van der Waals surface area contributed by atoms with E-state index in [-0.39, 0.29) is 17.1 Å². The Morgan fingerprint density at radius 2 is 1.81 bits per heavy atom. The standard InChI is InChI=1S/C21H22N2O2S/c1-4-23-20(25)17-7-5-6-8-18(17)22-21(23)26-13-19(24)16-11-9-15(10-12-16)14(2)3/h5-12,14H,4,13H2,1-3H3. The Bertz CT molecular complexity index is 991. The fourth-order valence-electron chi connectivity index (χ4n) is 2.80. The number of benzene rings is 2. The minimum atomic E-state index is -0.0608. The molecule has 1 aromatic heterocycles. The fourth-order valence-corrected chi connectivity index (χ4v) is 3.76. The molecule has 26 heavy (non-hydrogen) atoms. The summed E-state index contributed by atoms with van der Waals surface area (Å²) in [5.74, 6) is 0.732. The van der Waals surface area contributed by atoms with Crippen molar-refractivity contribution in [2.75, 3.05) is 5.75 Å². The third-order valence-electron chi connectivity index (χ3n) is 4.37. The second-order valence-corrected chi connectivity index (χ2v) is 7.39. The first kappa shape index (κ1) is 18.4. The molecule has 0 aliphatic heterocycles. The van der Waals surface area contributed by atoms with Crippen molar-refractivity contribution in [1.82, 2.24) is 9.55 Å². The molecule has 0 saturated carbocycles. The number of ketones is 1. The van der Waals surface area contributed by atoms with Gasteiger partial charge < -0.3 is 0 Å². The first-order valence-corrected chi connectivity index (χ1v) is 9.75. The van der Waals surface area contributed by atoms with Gasteiger partial charge in [-0.15, -0.1) is 0 Å². The number of nitrogens with zero attached hydrogens (tertiary/aromatic N) is 2. The molecule has 0 spiro atoms. The Balaban J connectivity index is 1.82. The van der Waals surface area contributed by atoms with E-state index in [1.807, 2.05) is 49.4 Å². The van der Waals surface area contributed by atoms with Crippen LogP contribution in [-0.2, 0) is 6.54 Å². The third kappa shape index (κ3) is 3.73. The summed E-state index contributed by atoms with van der Waals surface area (Å²) in [5.41, 5.74) is 2.51. The number of aromatic nitrogens is 2. The predicted octanol–water partition coefficient (Wildman–Crippen LogP) is 4.51. The second kappa shape index (κ2) is 7.87. The van der Waals surface area contributed by atoms with Gasteiger partial charge in [0.05, 0.1) is 16.7 Å². The number of thioether (sulfide) groups is 1. The van der Waals surface area contributed by atoms with Crippen LogP contribution in [0.3, 0.4) is 0 Å². The molecule has 0 atom stereocenters. The maximum absolute atomic E-state index is 12.6. The number of fused-ring (bicyclic) bond motifs is 1. The van der Waals surface area contributed by atoms with Gasteiger partial charge in [-0.3, -0.25) is 14.2 Å². The van der Waals surface area contributed by atoms with Crippen LogP contribution in [0.1, 0.15) is 42.6 Å². The van der Waals surface area contributed by atoms with Gasteiger partial charge in [-0.25, -0.2) is 4.98 Å². The van der Waals surface area contributed by atoms with E-state index in [1.165, 1.54) is 17.3 Å².